The number of rotatable bonds is 4. The Kier molecular flexibility index (Phi) is 4.30. The van der Waals surface area contributed by atoms with Crippen LogP contribution in [0.25, 0.3) is 0 Å². The number of hydrogen-bond acceptors (Lipinski definition) is 5. The molecule has 0 aromatic heterocycles. The predicted molar refractivity (Wildman–Crippen MR) is 74.0 cm³/mol. The van der Waals surface area contributed by atoms with Gasteiger partial charge in [0, 0.05) is 19.8 Å². The van der Waals surface area contributed by atoms with Crippen LogP contribution in [-0.2, 0) is 30.3 Å². The highest BCUT2D eigenvalue weighted by Crippen LogP contribution is 2.26. The Bertz CT molecular complexity index is 585. The minimum Gasteiger partial charge on any atom is -0.422 e. The highest BCUT2D eigenvalue weighted by molar-refractivity contribution is 6.16. The highest BCUT2D eigenvalue weighted by Gasteiger charge is 2.48. The van der Waals surface area contributed by atoms with Gasteiger partial charge >= 0.3 is 11.9 Å². The Balaban J connectivity index is 2.08. The zero-order valence-corrected chi connectivity index (χ0v) is 12.6. The number of ether oxygens (including phenoxy) is 2. The number of carbonyl (C=O) groups is 3. The van der Waals surface area contributed by atoms with Crippen molar-refractivity contribution in [3.05, 3.63) is 35.6 Å². The van der Waals surface area contributed by atoms with Gasteiger partial charge in [-0.15, -0.1) is 0 Å². The molecule has 1 atom stereocenters. The number of hydrogen-bond donors (Lipinski definition) is 0. The summed E-state index contributed by atoms with van der Waals surface area (Å²) in [6, 6.07) is 5.69. The van der Waals surface area contributed by atoms with Gasteiger partial charge < -0.3 is 9.47 Å². The van der Waals surface area contributed by atoms with Gasteiger partial charge in [0.25, 0.3) is 5.79 Å². The standard InChI is InChI=1S/C16H17FO5/c1-9(8-10-4-6-11(17)7-5-10)13(18)12-14(19)21-16(2,3)22-15(12)20/h4-7,9,12H,8H2,1-3H3/t9-/m0/s1. The first kappa shape index (κ1) is 16.1. The number of ketones is 1. The molecule has 0 N–H and O–H groups in total. The van der Waals surface area contributed by atoms with Crippen LogP contribution >= 0.6 is 0 Å². The Morgan fingerprint density at radius 3 is 2.18 bits per heavy atom. The van der Waals surface area contributed by atoms with Crippen molar-refractivity contribution in [3.63, 3.8) is 0 Å². The Morgan fingerprint density at radius 1 is 1.18 bits per heavy atom. The predicted octanol–water partition coefficient (Wildman–Crippen LogP) is 2.03. The number of cyclic esters (lactones) is 2. The second kappa shape index (κ2) is 5.87. The van der Waals surface area contributed by atoms with Gasteiger partial charge in [-0.05, 0) is 24.1 Å². The van der Waals surface area contributed by atoms with E-state index in [0.29, 0.717) is 6.42 Å². The smallest absolute Gasteiger partial charge is 0.331 e. The summed E-state index contributed by atoms with van der Waals surface area (Å²) in [6.45, 7) is 4.45. The van der Waals surface area contributed by atoms with Crippen LogP contribution in [0.3, 0.4) is 0 Å². The van der Waals surface area contributed by atoms with Crippen molar-refractivity contribution in [3.8, 4) is 0 Å². The van der Waals surface area contributed by atoms with Crippen LogP contribution in [0.1, 0.15) is 26.3 Å². The molecule has 6 heteroatoms. The van der Waals surface area contributed by atoms with E-state index in [1.165, 1.54) is 26.0 Å². The molecule has 0 bridgehead atoms. The molecule has 0 spiro atoms. The van der Waals surface area contributed by atoms with E-state index in [2.05, 4.69) is 0 Å². The molecule has 0 amide bonds. The van der Waals surface area contributed by atoms with Gasteiger partial charge in [0.15, 0.2) is 5.78 Å². The molecule has 2 rings (SSSR count). The van der Waals surface area contributed by atoms with Gasteiger partial charge in [-0.25, -0.2) is 4.39 Å². The molecule has 0 unspecified atom stereocenters. The second-order valence-corrected chi connectivity index (χ2v) is 5.81. The number of halogens is 1. The van der Waals surface area contributed by atoms with Crippen LogP contribution in [0.2, 0.25) is 0 Å². The summed E-state index contributed by atoms with van der Waals surface area (Å²) in [5.41, 5.74) is 0.736. The van der Waals surface area contributed by atoms with Gasteiger partial charge in [-0.3, -0.25) is 14.4 Å². The normalized spacial score (nSPS) is 19.3. The van der Waals surface area contributed by atoms with Crippen LogP contribution in [0.4, 0.5) is 4.39 Å². The van der Waals surface area contributed by atoms with Crippen molar-refractivity contribution in [1.82, 2.24) is 0 Å². The Morgan fingerprint density at radius 2 is 1.68 bits per heavy atom. The average molecular weight is 308 g/mol. The van der Waals surface area contributed by atoms with Crippen molar-refractivity contribution in [2.75, 3.05) is 0 Å². The van der Waals surface area contributed by atoms with Crippen molar-refractivity contribution >= 4 is 17.7 Å². The molecule has 1 fully saturated rings. The lowest BCUT2D eigenvalue weighted by Crippen LogP contribution is -2.50. The summed E-state index contributed by atoms with van der Waals surface area (Å²) in [4.78, 5) is 36.1. The maximum atomic E-state index is 12.9. The van der Waals surface area contributed by atoms with E-state index in [9.17, 15) is 18.8 Å². The minimum absolute atomic E-state index is 0.291. The van der Waals surface area contributed by atoms with E-state index < -0.39 is 35.3 Å². The topological polar surface area (TPSA) is 69.7 Å². The van der Waals surface area contributed by atoms with E-state index in [1.54, 1.807) is 19.1 Å². The van der Waals surface area contributed by atoms with Crippen molar-refractivity contribution < 1.29 is 28.2 Å². The maximum absolute atomic E-state index is 12.9. The summed E-state index contributed by atoms with van der Waals surface area (Å²) in [7, 11) is 0. The molecular weight excluding hydrogens is 291 g/mol. The van der Waals surface area contributed by atoms with E-state index in [1.807, 2.05) is 0 Å². The monoisotopic (exact) mass is 308 g/mol. The lowest BCUT2D eigenvalue weighted by molar-refractivity contribution is -0.238. The second-order valence-electron chi connectivity index (χ2n) is 5.81. The molecule has 1 aliphatic rings. The van der Waals surface area contributed by atoms with Crippen LogP contribution in [0.15, 0.2) is 24.3 Å². The molecular formula is C16H17FO5. The quantitative estimate of drug-likeness (QED) is 0.629. The lowest BCUT2D eigenvalue weighted by atomic mass is 9.88. The minimum atomic E-state index is -1.55. The van der Waals surface area contributed by atoms with Crippen LogP contribution < -0.4 is 0 Å². The molecule has 1 saturated heterocycles. The molecule has 1 aromatic carbocycles. The van der Waals surface area contributed by atoms with E-state index in [0.717, 1.165) is 5.56 Å². The Labute approximate surface area is 127 Å². The fourth-order valence-corrected chi connectivity index (χ4v) is 2.31. The third kappa shape index (κ3) is 3.50. The van der Waals surface area contributed by atoms with Gasteiger partial charge in [-0.1, -0.05) is 19.1 Å². The fraction of sp³-hybridized carbons (Fsp3) is 0.438. The van der Waals surface area contributed by atoms with E-state index >= 15 is 0 Å². The molecule has 1 aliphatic heterocycles. The van der Waals surface area contributed by atoms with Gasteiger partial charge in [-0.2, -0.15) is 0 Å². The van der Waals surface area contributed by atoms with Gasteiger partial charge in [0.1, 0.15) is 5.82 Å². The summed E-state index contributed by atoms with van der Waals surface area (Å²) >= 11 is 0. The van der Waals surface area contributed by atoms with Gasteiger partial charge in [0.2, 0.25) is 5.92 Å². The SMILES string of the molecule is C[C@@H](Cc1ccc(F)cc1)C(=O)C1C(=O)OC(C)(C)OC1=O. The third-order valence-corrected chi connectivity index (χ3v) is 3.39. The van der Waals surface area contributed by atoms with Gasteiger partial charge in [0.05, 0.1) is 0 Å². The van der Waals surface area contributed by atoms with Crippen LogP contribution in [-0.4, -0.2) is 23.5 Å². The first-order valence-electron chi connectivity index (χ1n) is 6.93. The number of benzene rings is 1. The molecule has 22 heavy (non-hydrogen) atoms. The van der Waals surface area contributed by atoms with Crippen molar-refractivity contribution in [1.29, 1.82) is 0 Å². The molecule has 0 aliphatic carbocycles. The van der Waals surface area contributed by atoms with Crippen LogP contribution in [0.5, 0.6) is 0 Å². The number of esters is 2. The fourth-order valence-electron chi connectivity index (χ4n) is 2.31. The highest BCUT2D eigenvalue weighted by atomic mass is 19.1. The zero-order chi connectivity index (χ0) is 16.5. The molecule has 1 aromatic rings. The molecule has 5 nitrogen and oxygen atoms in total. The summed E-state index contributed by atoms with van der Waals surface area (Å²) in [6.07, 6.45) is 0.291. The molecule has 0 radical (unpaired) electrons. The Hall–Kier alpha value is -2.24. The molecule has 0 saturated carbocycles. The molecule has 118 valence electrons. The summed E-state index contributed by atoms with van der Waals surface area (Å²) in [5.74, 6) is -6.22. The third-order valence-electron chi connectivity index (χ3n) is 3.39. The first-order chi connectivity index (χ1) is 10.2. The maximum Gasteiger partial charge on any atom is 0.331 e. The first-order valence-corrected chi connectivity index (χ1v) is 6.93. The number of Topliss-reactive ketones (excluding diaryl/α,β-unsaturated/α-hetero) is 1. The van der Waals surface area contributed by atoms with E-state index in [4.69, 9.17) is 9.47 Å². The summed E-state index contributed by atoms with van der Waals surface area (Å²) in [5, 5.41) is 0. The molecule has 1 heterocycles. The lowest BCUT2D eigenvalue weighted by Gasteiger charge is -2.33. The number of carbonyl (C=O) groups excluding carboxylic acids is 3. The van der Waals surface area contributed by atoms with Crippen LogP contribution in [0, 0.1) is 17.7 Å². The zero-order valence-electron chi connectivity index (χ0n) is 12.6. The van der Waals surface area contributed by atoms with Crippen molar-refractivity contribution in [2.45, 2.75) is 33.0 Å². The van der Waals surface area contributed by atoms with Crippen molar-refractivity contribution in [2.24, 2.45) is 11.8 Å². The summed E-state index contributed by atoms with van der Waals surface area (Å²) < 4.78 is 22.7. The largest absolute Gasteiger partial charge is 0.422 e. The van der Waals surface area contributed by atoms with E-state index in [-0.39, 0.29) is 5.82 Å². The average Bonchev–Trinajstić information content (AvgIpc) is 2.38.